The van der Waals surface area contributed by atoms with E-state index >= 15 is 0 Å². The molecule has 10 rings (SSSR count). The zero-order chi connectivity index (χ0) is 39.1. The summed E-state index contributed by atoms with van der Waals surface area (Å²) >= 11 is 0. The molecule has 0 amide bonds. The standard InChI is InChI=1S/C48H36N4.C6H5.Co/c1-2-3-16-36-31-43-46(34-21-12-6-13-22-34)41-28-27-39(50-41)44(32-17-8-4-9-18-32)37-25-26-38(49-37)45(33-19-10-5-11-20-33)40-29-30-42(51-40)47(48(36)52-43)35-23-14-7-15-24-35;1-2-4-6-5-3-1;/h4-15,17-31H,2-3,16H2,1H3;1-5H;/q-2;-1;+3. The summed E-state index contributed by atoms with van der Waals surface area (Å²) in [5.74, 6) is 0. The molecule has 3 aromatic heterocycles. The minimum atomic E-state index is 0. The number of aromatic nitrogens is 4. The normalized spacial score (nSPS) is 11.6. The molecule has 4 nitrogen and oxygen atoms in total. The van der Waals surface area contributed by atoms with Crippen LogP contribution in [0.1, 0.15) is 49.0 Å². The number of nitrogens with zero attached hydrogens (tertiary/aromatic N) is 4. The molecule has 0 atom stereocenters. The summed E-state index contributed by atoms with van der Waals surface area (Å²) in [5.41, 5.74) is 16.7. The molecule has 8 aromatic rings. The second kappa shape index (κ2) is 18.2. The van der Waals surface area contributed by atoms with Crippen LogP contribution in [0.4, 0.5) is 0 Å². The van der Waals surface area contributed by atoms with E-state index in [4.69, 9.17) is 19.9 Å². The summed E-state index contributed by atoms with van der Waals surface area (Å²) in [6.45, 7) is 2.24. The topological polar surface area (TPSA) is 54.0 Å². The Morgan fingerprint density at radius 3 is 1.22 bits per heavy atom. The SMILES string of the molecule is CCCCC1=Cc2nc1c(-c1ccccc1)c1ccc([n-]1)c(-c1ccccc1)c1nc(c(-c3ccccc3)c3ccc([n-]3)c2-c2ccccc2)C=C1.[Co+3].[c-]1ccccc1. The van der Waals surface area contributed by atoms with Gasteiger partial charge in [0.2, 0.25) is 0 Å². The van der Waals surface area contributed by atoms with Crippen molar-refractivity contribution < 1.29 is 16.8 Å². The van der Waals surface area contributed by atoms with Crippen LogP contribution in [0.5, 0.6) is 0 Å². The predicted octanol–water partition coefficient (Wildman–Crippen LogP) is 13.6. The summed E-state index contributed by atoms with van der Waals surface area (Å²) in [6, 6.07) is 63.1. The predicted molar refractivity (Wildman–Crippen MR) is 242 cm³/mol. The summed E-state index contributed by atoms with van der Waals surface area (Å²) in [5, 5.41) is 0. The average molecular weight is 805 g/mol. The first-order valence-corrected chi connectivity index (χ1v) is 20.0. The maximum atomic E-state index is 5.56. The molecule has 5 heteroatoms. The maximum absolute atomic E-state index is 5.56. The Morgan fingerprint density at radius 2 is 0.831 bits per heavy atom. The van der Waals surface area contributed by atoms with Crippen molar-refractivity contribution in [2.24, 2.45) is 0 Å². The van der Waals surface area contributed by atoms with Crippen molar-refractivity contribution >= 4 is 45.9 Å². The first-order chi connectivity index (χ1) is 28.7. The van der Waals surface area contributed by atoms with Gasteiger partial charge in [-0.1, -0.05) is 159 Å². The number of unbranched alkanes of at least 4 members (excludes halogenated alkanes) is 1. The van der Waals surface area contributed by atoms with Crippen molar-refractivity contribution in [3.05, 3.63) is 205 Å². The molecule has 2 aliphatic rings. The monoisotopic (exact) mass is 804 g/mol. The molecule has 0 N–H and O–H groups in total. The molecule has 286 valence electrons. The molecule has 0 fully saturated rings. The first-order valence-electron chi connectivity index (χ1n) is 20.0. The van der Waals surface area contributed by atoms with Gasteiger partial charge in [0, 0.05) is 0 Å². The van der Waals surface area contributed by atoms with Crippen molar-refractivity contribution in [2.75, 3.05) is 0 Å². The van der Waals surface area contributed by atoms with Crippen LogP contribution in [0.25, 0.3) is 90.4 Å². The Morgan fingerprint density at radius 1 is 0.441 bits per heavy atom. The summed E-state index contributed by atoms with van der Waals surface area (Å²) < 4.78 is 0. The number of hydrogen-bond donors (Lipinski definition) is 0. The molecule has 5 heterocycles. The third-order valence-corrected chi connectivity index (χ3v) is 10.5. The largest absolute Gasteiger partial charge is 3.00 e. The van der Waals surface area contributed by atoms with E-state index in [1.807, 2.05) is 42.5 Å². The molecule has 0 aliphatic carbocycles. The van der Waals surface area contributed by atoms with Gasteiger partial charge in [0.05, 0.1) is 22.8 Å². The molecule has 0 spiro atoms. The van der Waals surface area contributed by atoms with Crippen molar-refractivity contribution in [1.29, 1.82) is 0 Å². The van der Waals surface area contributed by atoms with Gasteiger partial charge in [0.25, 0.3) is 0 Å². The molecule has 0 saturated heterocycles. The van der Waals surface area contributed by atoms with Gasteiger partial charge in [-0.2, -0.15) is 36.4 Å². The van der Waals surface area contributed by atoms with Gasteiger partial charge in [-0.25, -0.2) is 9.97 Å². The third kappa shape index (κ3) is 8.30. The second-order valence-corrected chi connectivity index (χ2v) is 14.3. The molecule has 2 aliphatic heterocycles. The van der Waals surface area contributed by atoms with Crippen LogP contribution >= 0.6 is 0 Å². The van der Waals surface area contributed by atoms with Crippen LogP contribution in [-0.4, -0.2) is 9.97 Å². The van der Waals surface area contributed by atoms with E-state index in [0.29, 0.717) is 0 Å². The van der Waals surface area contributed by atoms with E-state index in [0.717, 1.165) is 109 Å². The van der Waals surface area contributed by atoms with Gasteiger partial charge >= 0.3 is 16.8 Å². The minimum absolute atomic E-state index is 0. The van der Waals surface area contributed by atoms with E-state index in [9.17, 15) is 0 Å². The fourth-order valence-electron chi connectivity index (χ4n) is 7.73. The van der Waals surface area contributed by atoms with E-state index in [1.54, 1.807) is 0 Å². The number of allylic oxidation sites excluding steroid dienone is 1. The summed E-state index contributed by atoms with van der Waals surface area (Å²) in [6.07, 6.45) is 9.59. The van der Waals surface area contributed by atoms with Crippen LogP contribution in [0.2, 0.25) is 0 Å². The first kappa shape index (κ1) is 39.1. The third-order valence-electron chi connectivity index (χ3n) is 10.5. The summed E-state index contributed by atoms with van der Waals surface area (Å²) in [4.78, 5) is 21.7. The van der Waals surface area contributed by atoms with Gasteiger partial charge in [-0.05, 0) is 81.2 Å². The van der Waals surface area contributed by atoms with Crippen LogP contribution in [0, 0.1) is 6.07 Å². The van der Waals surface area contributed by atoms with Gasteiger partial charge in [-0.3, -0.25) is 0 Å². The van der Waals surface area contributed by atoms with Crippen molar-refractivity contribution in [3.63, 3.8) is 0 Å². The zero-order valence-corrected chi connectivity index (χ0v) is 33.8. The Labute approximate surface area is 356 Å². The summed E-state index contributed by atoms with van der Waals surface area (Å²) in [7, 11) is 0. The van der Waals surface area contributed by atoms with Gasteiger partial charge in [0.15, 0.2) is 0 Å². The van der Waals surface area contributed by atoms with Crippen LogP contribution in [-0.2, 0) is 16.8 Å². The molecular weight excluding hydrogens is 764 g/mol. The van der Waals surface area contributed by atoms with Crippen molar-refractivity contribution in [3.8, 4) is 44.5 Å². The minimum Gasteiger partial charge on any atom is -0.657 e. The number of hydrogen-bond acceptors (Lipinski definition) is 2. The van der Waals surface area contributed by atoms with Gasteiger partial charge in [0.1, 0.15) is 0 Å². The zero-order valence-electron chi connectivity index (χ0n) is 32.7. The smallest absolute Gasteiger partial charge is 0.657 e. The van der Waals surface area contributed by atoms with Crippen LogP contribution in [0.15, 0.2) is 176 Å². The van der Waals surface area contributed by atoms with E-state index in [-0.39, 0.29) is 16.8 Å². The Kier molecular flexibility index (Phi) is 12.0. The Bertz CT molecular complexity index is 2870. The van der Waals surface area contributed by atoms with Gasteiger partial charge < -0.3 is 9.97 Å². The maximum Gasteiger partial charge on any atom is 3.00 e. The molecule has 8 bridgehead atoms. The Hall–Kier alpha value is -6.79. The molecule has 0 radical (unpaired) electrons. The fourth-order valence-corrected chi connectivity index (χ4v) is 7.73. The molecule has 59 heavy (non-hydrogen) atoms. The number of fused-ring (bicyclic) bond motifs is 8. The average Bonchev–Trinajstić information content (AvgIpc) is 4.13. The number of rotatable bonds is 7. The van der Waals surface area contributed by atoms with Crippen LogP contribution < -0.4 is 9.97 Å². The molecule has 0 saturated carbocycles. The quantitative estimate of drug-likeness (QED) is 0.151. The van der Waals surface area contributed by atoms with Crippen LogP contribution in [0.3, 0.4) is 0 Å². The molecular formula is C54H41CoN4. The van der Waals surface area contributed by atoms with Crippen molar-refractivity contribution in [2.45, 2.75) is 26.2 Å². The fraction of sp³-hybridized carbons (Fsp3) is 0.0741. The van der Waals surface area contributed by atoms with Crippen molar-refractivity contribution in [1.82, 2.24) is 19.9 Å². The number of benzene rings is 5. The molecule has 0 unspecified atom stereocenters. The Balaban J connectivity index is 0.000000637. The van der Waals surface area contributed by atoms with Gasteiger partial charge in [-0.15, -0.1) is 22.1 Å². The van der Waals surface area contributed by atoms with E-state index in [2.05, 4.69) is 165 Å². The van der Waals surface area contributed by atoms with E-state index < -0.39 is 0 Å². The molecule has 5 aromatic carbocycles. The second-order valence-electron chi connectivity index (χ2n) is 14.3. The van der Waals surface area contributed by atoms with E-state index in [1.165, 1.54) is 5.57 Å².